The highest BCUT2D eigenvalue weighted by Crippen LogP contribution is 2.25. The van der Waals surface area contributed by atoms with Gasteiger partial charge in [-0.25, -0.2) is 0 Å². The third-order valence-corrected chi connectivity index (χ3v) is 4.04. The monoisotopic (exact) mass is 291 g/mol. The van der Waals surface area contributed by atoms with Gasteiger partial charge in [-0.15, -0.1) is 0 Å². The van der Waals surface area contributed by atoms with Crippen LogP contribution in [0.2, 0.25) is 0 Å². The number of likely N-dealkylation sites (tertiary alicyclic amines) is 1. The standard InChI is InChI=1S/C16H25N3O2/c1-16(2,3)19-11-12(10-14(19)20)15(21)17-8-7-13-6-5-9-18(13)4/h5-6,9,12H,7-8,10-11H2,1-4H3,(H,17,21). The second-order valence-electron chi connectivity index (χ2n) is 6.73. The van der Waals surface area contributed by atoms with Crippen molar-refractivity contribution < 1.29 is 9.59 Å². The van der Waals surface area contributed by atoms with E-state index in [9.17, 15) is 9.59 Å². The Balaban J connectivity index is 1.82. The number of aryl methyl sites for hydroxylation is 1. The van der Waals surface area contributed by atoms with Gasteiger partial charge < -0.3 is 14.8 Å². The molecule has 1 unspecified atom stereocenters. The first-order valence-electron chi connectivity index (χ1n) is 7.47. The summed E-state index contributed by atoms with van der Waals surface area (Å²) < 4.78 is 2.05. The lowest BCUT2D eigenvalue weighted by Gasteiger charge is -2.31. The maximum absolute atomic E-state index is 12.2. The molecule has 1 saturated heterocycles. The SMILES string of the molecule is Cn1cccc1CCNC(=O)C1CC(=O)N(C(C)(C)C)C1. The van der Waals surface area contributed by atoms with Gasteiger partial charge in [0.2, 0.25) is 11.8 Å². The van der Waals surface area contributed by atoms with Crippen LogP contribution in [0.5, 0.6) is 0 Å². The molecule has 0 aromatic carbocycles. The van der Waals surface area contributed by atoms with Gasteiger partial charge in [0, 0.05) is 50.4 Å². The van der Waals surface area contributed by atoms with Gasteiger partial charge in [-0.05, 0) is 32.9 Å². The highest BCUT2D eigenvalue weighted by molar-refractivity contribution is 5.89. The second-order valence-corrected chi connectivity index (χ2v) is 6.73. The number of hydrogen-bond donors (Lipinski definition) is 1. The highest BCUT2D eigenvalue weighted by Gasteiger charge is 2.39. The fraction of sp³-hybridized carbons (Fsp3) is 0.625. The Labute approximate surface area is 126 Å². The number of carbonyl (C=O) groups excluding carboxylic acids is 2. The van der Waals surface area contributed by atoms with E-state index < -0.39 is 0 Å². The summed E-state index contributed by atoms with van der Waals surface area (Å²) in [6.07, 6.45) is 3.13. The van der Waals surface area contributed by atoms with Crippen LogP contribution < -0.4 is 5.32 Å². The predicted octanol–water partition coefficient (Wildman–Crippen LogP) is 1.33. The molecule has 0 aliphatic carbocycles. The third kappa shape index (κ3) is 3.65. The van der Waals surface area contributed by atoms with Gasteiger partial charge in [0.1, 0.15) is 0 Å². The molecule has 0 saturated carbocycles. The van der Waals surface area contributed by atoms with Crippen molar-refractivity contribution in [3.8, 4) is 0 Å². The van der Waals surface area contributed by atoms with Crippen molar-refractivity contribution in [3.05, 3.63) is 24.0 Å². The molecule has 0 radical (unpaired) electrons. The van der Waals surface area contributed by atoms with Crippen LogP contribution in [0.4, 0.5) is 0 Å². The van der Waals surface area contributed by atoms with Crippen LogP contribution in [-0.4, -0.2) is 39.9 Å². The Hall–Kier alpha value is -1.78. The molecule has 1 aliphatic rings. The van der Waals surface area contributed by atoms with E-state index in [4.69, 9.17) is 0 Å². The number of nitrogens with one attached hydrogen (secondary N) is 1. The normalized spacial score (nSPS) is 19.1. The summed E-state index contributed by atoms with van der Waals surface area (Å²) in [6, 6.07) is 4.04. The zero-order chi connectivity index (χ0) is 15.6. The summed E-state index contributed by atoms with van der Waals surface area (Å²) in [5.41, 5.74) is 0.976. The fourth-order valence-corrected chi connectivity index (χ4v) is 2.75. The molecule has 1 aliphatic heterocycles. The van der Waals surface area contributed by atoms with Crippen molar-refractivity contribution in [3.63, 3.8) is 0 Å². The number of amides is 2. The van der Waals surface area contributed by atoms with Crippen LogP contribution >= 0.6 is 0 Å². The quantitative estimate of drug-likeness (QED) is 0.910. The number of rotatable bonds is 4. The van der Waals surface area contributed by atoms with Gasteiger partial charge in [0.15, 0.2) is 0 Å². The molecule has 2 heterocycles. The van der Waals surface area contributed by atoms with Gasteiger partial charge in [-0.2, -0.15) is 0 Å². The summed E-state index contributed by atoms with van der Waals surface area (Å²) in [7, 11) is 1.99. The smallest absolute Gasteiger partial charge is 0.225 e. The van der Waals surface area contributed by atoms with Crippen LogP contribution in [0, 0.1) is 5.92 Å². The molecule has 1 atom stereocenters. The predicted molar refractivity (Wildman–Crippen MR) is 81.7 cm³/mol. The lowest BCUT2D eigenvalue weighted by atomic mass is 10.1. The minimum Gasteiger partial charge on any atom is -0.355 e. The molecular weight excluding hydrogens is 266 g/mol. The zero-order valence-corrected chi connectivity index (χ0v) is 13.3. The third-order valence-electron chi connectivity index (χ3n) is 4.04. The molecule has 1 aromatic rings. The maximum Gasteiger partial charge on any atom is 0.225 e. The average Bonchev–Trinajstić information content (AvgIpc) is 2.95. The van der Waals surface area contributed by atoms with E-state index in [1.165, 1.54) is 5.69 Å². The average molecular weight is 291 g/mol. The second kappa shape index (κ2) is 5.92. The molecule has 5 nitrogen and oxygen atoms in total. The Morgan fingerprint density at radius 1 is 1.43 bits per heavy atom. The molecule has 1 fully saturated rings. The summed E-state index contributed by atoms with van der Waals surface area (Å²) in [5.74, 6) is -0.153. The Kier molecular flexibility index (Phi) is 4.40. The Morgan fingerprint density at radius 3 is 2.67 bits per heavy atom. The molecular formula is C16H25N3O2. The van der Waals surface area contributed by atoms with E-state index >= 15 is 0 Å². The minimum atomic E-state index is -0.217. The van der Waals surface area contributed by atoms with E-state index in [1.54, 1.807) is 4.90 Å². The molecule has 1 N–H and O–H groups in total. The van der Waals surface area contributed by atoms with Crippen molar-refractivity contribution in [1.82, 2.24) is 14.8 Å². The number of aromatic nitrogens is 1. The highest BCUT2D eigenvalue weighted by atomic mass is 16.2. The first-order chi connectivity index (χ1) is 9.79. The first-order valence-corrected chi connectivity index (χ1v) is 7.47. The molecule has 116 valence electrons. The minimum absolute atomic E-state index is 0.00990. The van der Waals surface area contributed by atoms with Crippen molar-refractivity contribution in [2.24, 2.45) is 13.0 Å². The summed E-state index contributed by atoms with van der Waals surface area (Å²) >= 11 is 0. The van der Waals surface area contributed by atoms with Crippen LogP contribution in [0.3, 0.4) is 0 Å². The van der Waals surface area contributed by atoms with Crippen molar-refractivity contribution in [2.75, 3.05) is 13.1 Å². The first kappa shape index (κ1) is 15.6. The van der Waals surface area contributed by atoms with E-state index in [2.05, 4.69) is 5.32 Å². The van der Waals surface area contributed by atoms with Crippen molar-refractivity contribution in [2.45, 2.75) is 39.2 Å². The van der Waals surface area contributed by atoms with Crippen LogP contribution in [-0.2, 0) is 23.1 Å². The van der Waals surface area contributed by atoms with Crippen LogP contribution in [0.15, 0.2) is 18.3 Å². The lowest BCUT2D eigenvalue weighted by Crippen LogP contribution is -2.43. The fourth-order valence-electron chi connectivity index (χ4n) is 2.75. The zero-order valence-electron chi connectivity index (χ0n) is 13.3. The van der Waals surface area contributed by atoms with Crippen molar-refractivity contribution in [1.29, 1.82) is 0 Å². The molecule has 2 amide bonds. The number of carbonyl (C=O) groups is 2. The topological polar surface area (TPSA) is 54.3 Å². The van der Waals surface area contributed by atoms with E-state index in [1.807, 2.05) is 50.7 Å². The Morgan fingerprint density at radius 2 is 2.14 bits per heavy atom. The maximum atomic E-state index is 12.2. The summed E-state index contributed by atoms with van der Waals surface area (Å²) in [4.78, 5) is 26.0. The summed E-state index contributed by atoms with van der Waals surface area (Å²) in [6.45, 7) is 7.14. The van der Waals surface area contributed by atoms with E-state index in [0.29, 0.717) is 19.5 Å². The van der Waals surface area contributed by atoms with E-state index in [0.717, 1.165) is 6.42 Å². The largest absolute Gasteiger partial charge is 0.355 e. The van der Waals surface area contributed by atoms with Crippen LogP contribution in [0.25, 0.3) is 0 Å². The van der Waals surface area contributed by atoms with Gasteiger partial charge in [-0.1, -0.05) is 0 Å². The van der Waals surface area contributed by atoms with Gasteiger partial charge in [-0.3, -0.25) is 9.59 Å². The summed E-state index contributed by atoms with van der Waals surface area (Å²) in [5, 5.41) is 2.95. The molecule has 2 rings (SSSR count). The Bertz CT molecular complexity index is 528. The van der Waals surface area contributed by atoms with E-state index in [-0.39, 0.29) is 23.3 Å². The molecule has 21 heavy (non-hydrogen) atoms. The number of nitrogens with zero attached hydrogens (tertiary/aromatic N) is 2. The molecule has 1 aromatic heterocycles. The lowest BCUT2D eigenvalue weighted by molar-refractivity contribution is -0.132. The molecule has 0 spiro atoms. The van der Waals surface area contributed by atoms with Crippen LogP contribution in [0.1, 0.15) is 32.9 Å². The van der Waals surface area contributed by atoms with Gasteiger partial charge in [0.25, 0.3) is 0 Å². The molecule has 0 bridgehead atoms. The van der Waals surface area contributed by atoms with Crippen molar-refractivity contribution >= 4 is 11.8 Å². The van der Waals surface area contributed by atoms with Gasteiger partial charge >= 0.3 is 0 Å². The number of hydrogen-bond acceptors (Lipinski definition) is 2. The van der Waals surface area contributed by atoms with Gasteiger partial charge in [0.05, 0.1) is 5.92 Å². The molecule has 5 heteroatoms.